The van der Waals surface area contributed by atoms with Gasteiger partial charge in [0.05, 0.1) is 13.2 Å². The van der Waals surface area contributed by atoms with Crippen LogP contribution < -0.4 is 5.32 Å². The molecule has 2 unspecified atom stereocenters. The third-order valence-electron chi connectivity index (χ3n) is 4.09. The first-order valence-electron chi connectivity index (χ1n) is 7.61. The largest absolute Gasteiger partial charge is 0.378 e. The fourth-order valence-electron chi connectivity index (χ4n) is 2.95. The van der Waals surface area contributed by atoms with E-state index in [0.29, 0.717) is 38.8 Å². The molecule has 6 nitrogen and oxygen atoms in total. The number of piperidine rings is 1. The zero-order valence-corrected chi connectivity index (χ0v) is 13.4. The first-order chi connectivity index (χ1) is 9.55. The van der Waals surface area contributed by atoms with E-state index in [9.17, 15) is 8.42 Å². The third kappa shape index (κ3) is 3.71. The first kappa shape index (κ1) is 16.2. The zero-order valence-electron chi connectivity index (χ0n) is 12.5. The van der Waals surface area contributed by atoms with E-state index in [0.717, 1.165) is 25.9 Å². The lowest BCUT2D eigenvalue weighted by atomic mass is 10.00. The molecule has 0 bridgehead atoms. The molecule has 2 fully saturated rings. The average molecular weight is 305 g/mol. The van der Waals surface area contributed by atoms with Crippen molar-refractivity contribution in [3.8, 4) is 0 Å². The summed E-state index contributed by atoms with van der Waals surface area (Å²) in [4.78, 5) is 0. The Bertz CT molecular complexity index is 402. The normalized spacial score (nSPS) is 30.5. The van der Waals surface area contributed by atoms with E-state index >= 15 is 0 Å². The minimum atomic E-state index is -3.33. The van der Waals surface area contributed by atoms with Gasteiger partial charge < -0.3 is 10.1 Å². The van der Waals surface area contributed by atoms with Crippen LogP contribution in [0.15, 0.2) is 0 Å². The molecule has 2 saturated heterocycles. The smallest absolute Gasteiger partial charge is 0.282 e. The fourth-order valence-corrected chi connectivity index (χ4v) is 4.83. The molecule has 2 aliphatic heterocycles. The van der Waals surface area contributed by atoms with Crippen LogP contribution >= 0.6 is 0 Å². The second kappa shape index (κ2) is 7.17. The van der Waals surface area contributed by atoms with Gasteiger partial charge in [-0.15, -0.1) is 0 Å². The van der Waals surface area contributed by atoms with Crippen LogP contribution in [0.2, 0.25) is 0 Å². The summed E-state index contributed by atoms with van der Waals surface area (Å²) >= 11 is 0. The standard InChI is InChI=1S/C13H27N3O3S/c1-3-14-9-13-5-4-6-15(10-13)20(17,18)16-7-8-19-11-12(16)2/h12-14H,3-11H2,1-2H3. The van der Waals surface area contributed by atoms with Crippen LogP contribution in [0.3, 0.4) is 0 Å². The van der Waals surface area contributed by atoms with Gasteiger partial charge in [-0.2, -0.15) is 17.0 Å². The molecule has 7 heteroatoms. The molecule has 0 amide bonds. The van der Waals surface area contributed by atoms with Gasteiger partial charge in [0.2, 0.25) is 0 Å². The van der Waals surface area contributed by atoms with Crippen molar-refractivity contribution in [3.05, 3.63) is 0 Å². The Hall–Kier alpha value is -0.210. The summed E-state index contributed by atoms with van der Waals surface area (Å²) in [6.07, 6.45) is 2.06. The van der Waals surface area contributed by atoms with E-state index in [1.807, 2.05) is 6.92 Å². The molecule has 0 aromatic carbocycles. The Morgan fingerprint density at radius 3 is 2.85 bits per heavy atom. The lowest BCUT2D eigenvalue weighted by Crippen LogP contribution is -2.55. The average Bonchev–Trinajstić information content (AvgIpc) is 2.45. The van der Waals surface area contributed by atoms with E-state index < -0.39 is 10.2 Å². The molecule has 0 aromatic heterocycles. The molecule has 2 heterocycles. The van der Waals surface area contributed by atoms with E-state index in [2.05, 4.69) is 12.2 Å². The molecule has 118 valence electrons. The summed E-state index contributed by atoms with van der Waals surface area (Å²) in [6.45, 7) is 8.58. The quantitative estimate of drug-likeness (QED) is 0.792. The van der Waals surface area contributed by atoms with E-state index in [1.165, 1.54) is 0 Å². The van der Waals surface area contributed by atoms with Gasteiger partial charge in [0.25, 0.3) is 10.2 Å². The van der Waals surface area contributed by atoms with Gasteiger partial charge in [0, 0.05) is 25.7 Å². The molecule has 0 spiro atoms. The van der Waals surface area contributed by atoms with Gasteiger partial charge in [0.1, 0.15) is 0 Å². The highest BCUT2D eigenvalue weighted by Gasteiger charge is 2.37. The van der Waals surface area contributed by atoms with Gasteiger partial charge in [-0.25, -0.2) is 0 Å². The zero-order chi connectivity index (χ0) is 14.6. The van der Waals surface area contributed by atoms with Crippen molar-refractivity contribution >= 4 is 10.2 Å². The predicted octanol–water partition coefficient (Wildman–Crippen LogP) is 0.273. The molecule has 20 heavy (non-hydrogen) atoms. The predicted molar refractivity (Wildman–Crippen MR) is 78.7 cm³/mol. The SMILES string of the molecule is CCNCC1CCCN(S(=O)(=O)N2CCOCC2C)C1. The van der Waals surface area contributed by atoms with Gasteiger partial charge in [0.15, 0.2) is 0 Å². The van der Waals surface area contributed by atoms with Crippen molar-refractivity contribution in [2.75, 3.05) is 45.9 Å². The summed E-state index contributed by atoms with van der Waals surface area (Å²) in [7, 11) is -3.33. The van der Waals surface area contributed by atoms with Crippen molar-refractivity contribution in [1.82, 2.24) is 13.9 Å². The highest BCUT2D eigenvalue weighted by atomic mass is 32.2. The van der Waals surface area contributed by atoms with Gasteiger partial charge >= 0.3 is 0 Å². The molecule has 0 radical (unpaired) electrons. The van der Waals surface area contributed by atoms with Crippen molar-refractivity contribution in [2.45, 2.75) is 32.7 Å². The number of ether oxygens (including phenoxy) is 1. The van der Waals surface area contributed by atoms with Crippen molar-refractivity contribution in [2.24, 2.45) is 5.92 Å². The van der Waals surface area contributed by atoms with Gasteiger partial charge in [-0.3, -0.25) is 0 Å². The molecule has 2 aliphatic rings. The number of morpholine rings is 1. The van der Waals surface area contributed by atoms with E-state index in [1.54, 1.807) is 8.61 Å². The summed E-state index contributed by atoms with van der Waals surface area (Å²) in [5, 5.41) is 3.32. The molecular formula is C13H27N3O3S. The van der Waals surface area contributed by atoms with E-state index in [4.69, 9.17) is 4.74 Å². The molecule has 2 rings (SSSR count). The number of hydrogen-bond acceptors (Lipinski definition) is 4. The molecule has 0 aliphatic carbocycles. The maximum atomic E-state index is 12.7. The highest BCUT2D eigenvalue weighted by molar-refractivity contribution is 7.86. The topological polar surface area (TPSA) is 61.9 Å². The maximum absolute atomic E-state index is 12.7. The Labute approximate surface area is 122 Å². The molecule has 1 N–H and O–H groups in total. The Morgan fingerprint density at radius 1 is 1.35 bits per heavy atom. The van der Waals surface area contributed by atoms with Crippen LogP contribution in [0.25, 0.3) is 0 Å². The number of rotatable bonds is 5. The van der Waals surface area contributed by atoms with Gasteiger partial charge in [-0.1, -0.05) is 6.92 Å². The maximum Gasteiger partial charge on any atom is 0.282 e. The Kier molecular flexibility index (Phi) is 5.80. The fraction of sp³-hybridized carbons (Fsp3) is 1.00. The van der Waals surface area contributed by atoms with Crippen molar-refractivity contribution in [3.63, 3.8) is 0 Å². The number of nitrogens with one attached hydrogen (secondary N) is 1. The van der Waals surface area contributed by atoms with Crippen LogP contribution in [0.4, 0.5) is 0 Å². The van der Waals surface area contributed by atoms with Crippen LogP contribution in [0.1, 0.15) is 26.7 Å². The molecule has 0 saturated carbocycles. The lowest BCUT2D eigenvalue weighted by Gasteiger charge is -2.39. The van der Waals surface area contributed by atoms with E-state index in [-0.39, 0.29) is 6.04 Å². The van der Waals surface area contributed by atoms with Gasteiger partial charge in [-0.05, 0) is 38.8 Å². The molecule has 2 atom stereocenters. The first-order valence-corrected chi connectivity index (χ1v) is 9.00. The van der Waals surface area contributed by atoms with Crippen LogP contribution in [0.5, 0.6) is 0 Å². The summed E-state index contributed by atoms with van der Waals surface area (Å²) in [5.41, 5.74) is 0. The van der Waals surface area contributed by atoms with Crippen LogP contribution in [0, 0.1) is 5.92 Å². The summed E-state index contributed by atoms with van der Waals surface area (Å²) in [6, 6.07) is -0.0668. The lowest BCUT2D eigenvalue weighted by molar-refractivity contribution is 0.0355. The second-order valence-electron chi connectivity index (χ2n) is 5.72. The van der Waals surface area contributed by atoms with Crippen LogP contribution in [-0.4, -0.2) is 69.0 Å². The summed E-state index contributed by atoms with van der Waals surface area (Å²) < 4.78 is 34.1. The number of hydrogen-bond donors (Lipinski definition) is 1. The minimum absolute atomic E-state index is 0.0668. The monoisotopic (exact) mass is 305 g/mol. The molecular weight excluding hydrogens is 278 g/mol. The Morgan fingerprint density at radius 2 is 2.15 bits per heavy atom. The number of nitrogens with zero attached hydrogens (tertiary/aromatic N) is 2. The minimum Gasteiger partial charge on any atom is -0.378 e. The molecule has 0 aromatic rings. The van der Waals surface area contributed by atoms with Crippen molar-refractivity contribution < 1.29 is 13.2 Å². The third-order valence-corrected chi connectivity index (χ3v) is 6.21. The summed E-state index contributed by atoms with van der Waals surface area (Å²) in [5.74, 6) is 0.426. The Balaban J connectivity index is 2.00. The highest BCUT2D eigenvalue weighted by Crippen LogP contribution is 2.23. The second-order valence-corrected chi connectivity index (χ2v) is 7.60. The van der Waals surface area contributed by atoms with Crippen molar-refractivity contribution in [1.29, 1.82) is 0 Å². The van der Waals surface area contributed by atoms with Crippen LogP contribution in [-0.2, 0) is 14.9 Å².